The van der Waals surface area contributed by atoms with Crippen molar-refractivity contribution >= 4 is 11.6 Å². The minimum atomic E-state index is -4.42. The number of esters is 1. The molecule has 0 aliphatic heterocycles. The number of rotatable bonds is 7. The molecule has 1 aromatic carbocycles. The SMILES string of the molecule is CCOC(=O)c1c[nH]n2c(=O)cc(CN(C3CC3)C(C)c3cccc(C(F)(F)F)c3)nc12. The summed E-state index contributed by atoms with van der Waals surface area (Å²) >= 11 is 0. The normalized spacial score (nSPS) is 15.3. The molecule has 0 spiro atoms. The van der Waals surface area contributed by atoms with Crippen molar-refractivity contribution in [3.63, 3.8) is 0 Å². The molecule has 7 nitrogen and oxygen atoms in total. The smallest absolute Gasteiger partial charge is 0.416 e. The van der Waals surface area contributed by atoms with E-state index in [2.05, 4.69) is 10.1 Å². The van der Waals surface area contributed by atoms with Crippen LogP contribution < -0.4 is 5.56 Å². The molecule has 1 aliphatic carbocycles. The van der Waals surface area contributed by atoms with E-state index in [1.165, 1.54) is 18.3 Å². The van der Waals surface area contributed by atoms with Crippen LogP contribution in [0.5, 0.6) is 0 Å². The van der Waals surface area contributed by atoms with Crippen LogP contribution in [0.4, 0.5) is 13.2 Å². The van der Waals surface area contributed by atoms with Crippen molar-refractivity contribution in [2.45, 2.75) is 51.5 Å². The van der Waals surface area contributed by atoms with Crippen LogP contribution in [0.15, 0.2) is 41.3 Å². The van der Waals surface area contributed by atoms with Gasteiger partial charge >= 0.3 is 12.1 Å². The second-order valence-electron chi connectivity index (χ2n) is 7.86. The number of H-pyrrole nitrogens is 1. The van der Waals surface area contributed by atoms with E-state index in [0.717, 1.165) is 29.5 Å². The van der Waals surface area contributed by atoms with Gasteiger partial charge in [-0.2, -0.15) is 13.2 Å². The topological polar surface area (TPSA) is 79.7 Å². The molecule has 0 bridgehead atoms. The Bertz CT molecular complexity index is 1200. The number of halogens is 3. The van der Waals surface area contributed by atoms with Crippen LogP contribution in [0.2, 0.25) is 0 Å². The van der Waals surface area contributed by atoms with Gasteiger partial charge in [-0.1, -0.05) is 12.1 Å². The van der Waals surface area contributed by atoms with Crippen LogP contribution in [-0.2, 0) is 17.5 Å². The summed E-state index contributed by atoms with van der Waals surface area (Å²) in [5.74, 6) is -0.591. The van der Waals surface area contributed by atoms with E-state index in [0.29, 0.717) is 11.3 Å². The van der Waals surface area contributed by atoms with Gasteiger partial charge in [-0.3, -0.25) is 14.8 Å². The van der Waals surface area contributed by atoms with E-state index in [4.69, 9.17) is 4.74 Å². The van der Waals surface area contributed by atoms with Gasteiger partial charge in [0.1, 0.15) is 5.56 Å². The van der Waals surface area contributed by atoms with Gasteiger partial charge in [-0.25, -0.2) is 14.3 Å². The molecule has 1 atom stereocenters. The summed E-state index contributed by atoms with van der Waals surface area (Å²) in [4.78, 5) is 31.3. The number of nitrogens with zero attached hydrogens (tertiary/aromatic N) is 3. The van der Waals surface area contributed by atoms with Crippen molar-refractivity contribution in [1.82, 2.24) is 19.5 Å². The number of carbonyl (C=O) groups is 1. The second kappa shape index (κ2) is 8.42. The van der Waals surface area contributed by atoms with Crippen LogP contribution in [0.25, 0.3) is 5.65 Å². The van der Waals surface area contributed by atoms with Crippen LogP contribution in [0.3, 0.4) is 0 Å². The Labute approximate surface area is 181 Å². The maximum absolute atomic E-state index is 13.2. The molecular weight excluding hydrogens is 425 g/mol. The molecule has 1 aliphatic rings. The van der Waals surface area contributed by atoms with Crippen LogP contribution >= 0.6 is 0 Å². The third kappa shape index (κ3) is 4.40. The van der Waals surface area contributed by atoms with Crippen LogP contribution in [-0.4, -0.2) is 38.1 Å². The second-order valence-corrected chi connectivity index (χ2v) is 7.86. The van der Waals surface area contributed by atoms with Gasteiger partial charge < -0.3 is 4.74 Å². The fourth-order valence-electron chi connectivity index (χ4n) is 3.81. The Balaban J connectivity index is 1.66. The highest BCUT2D eigenvalue weighted by Crippen LogP contribution is 2.37. The molecule has 1 unspecified atom stereocenters. The number of carbonyl (C=O) groups excluding carboxylic acids is 1. The lowest BCUT2D eigenvalue weighted by atomic mass is 10.0. The number of hydrogen-bond donors (Lipinski definition) is 1. The summed E-state index contributed by atoms with van der Waals surface area (Å²) in [5, 5.41) is 2.70. The Hall–Kier alpha value is -3.14. The van der Waals surface area contributed by atoms with Crippen molar-refractivity contribution in [3.8, 4) is 0 Å². The molecule has 3 aromatic rings. The molecule has 1 fully saturated rings. The summed E-state index contributed by atoms with van der Waals surface area (Å²) < 4.78 is 45.7. The van der Waals surface area contributed by atoms with Crippen LogP contribution in [0.1, 0.15) is 59.9 Å². The summed E-state index contributed by atoms with van der Waals surface area (Å²) in [7, 11) is 0. The van der Waals surface area contributed by atoms with Crippen molar-refractivity contribution in [2.24, 2.45) is 0 Å². The lowest BCUT2D eigenvalue weighted by molar-refractivity contribution is -0.137. The summed E-state index contributed by atoms with van der Waals surface area (Å²) in [5.41, 5.74) is 0.206. The zero-order chi connectivity index (χ0) is 23.0. The number of hydrogen-bond acceptors (Lipinski definition) is 5. The van der Waals surface area contributed by atoms with E-state index >= 15 is 0 Å². The van der Waals surface area contributed by atoms with Crippen molar-refractivity contribution < 1.29 is 22.7 Å². The molecule has 0 radical (unpaired) electrons. The number of nitrogens with one attached hydrogen (secondary N) is 1. The summed E-state index contributed by atoms with van der Waals surface area (Å²) in [6, 6.07) is 6.53. The molecule has 0 amide bonds. The van der Waals surface area contributed by atoms with E-state index in [1.807, 2.05) is 11.8 Å². The van der Waals surface area contributed by atoms with Crippen LogP contribution in [0, 0.1) is 0 Å². The predicted octanol–water partition coefficient (Wildman–Crippen LogP) is 3.94. The van der Waals surface area contributed by atoms with E-state index < -0.39 is 17.7 Å². The highest BCUT2D eigenvalue weighted by Gasteiger charge is 2.35. The molecule has 1 saturated carbocycles. The molecule has 170 valence electrons. The molecule has 4 rings (SSSR count). The van der Waals surface area contributed by atoms with Gasteiger partial charge in [-0.15, -0.1) is 0 Å². The maximum Gasteiger partial charge on any atom is 0.416 e. The van der Waals surface area contributed by atoms with E-state index in [-0.39, 0.29) is 42.0 Å². The minimum absolute atomic E-state index is 0.148. The lowest BCUT2D eigenvalue weighted by Crippen LogP contribution is -2.30. The van der Waals surface area contributed by atoms with E-state index in [1.54, 1.807) is 13.0 Å². The Morgan fingerprint density at radius 3 is 2.75 bits per heavy atom. The number of aromatic nitrogens is 3. The first-order valence-corrected chi connectivity index (χ1v) is 10.4. The molecule has 0 saturated heterocycles. The van der Waals surface area contributed by atoms with Crippen molar-refractivity contribution in [3.05, 3.63) is 69.3 Å². The molecule has 2 heterocycles. The van der Waals surface area contributed by atoms with E-state index in [9.17, 15) is 22.8 Å². The summed E-state index contributed by atoms with van der Waals surface area (Å²) in [6.45, 7) is 3.98. The molecule has 10 heteroatoms. The minimum Gasteiger partial charge on any atom is -0.462 e. The van der Waals surface area contributed by atoms with Crippen molar-refractivity contribution in [1.29, 1.82) is 0 Å². The monoisotopic (exact) mass is 448 g/mol. The Kier molecular flexibility index (Phi) is 5.81. The number of ether oxygens (including phenoxy) is 1. The number of alkyl halides is 3. The van der Waals surface area contributed by atoms with Gasteiger partial charge in [0.15, 0.2) is 5.65 Å². The van der Waals surface area contributed by atoms with Gasteiger partial charge in [-0.05, 0) is 44.4 Å². The zero-order valence-electron chi connectivity index (χ0n) is 17.6. The molecule has 2 aromatic heterocycles. The number of aromatic amines is 1. The summed E-state index contributed by atoms with van der Waals surface area (Å²) in [6.07, 6.45) is -1.21. The van der Waals surface area contributed by atoms with Gasteiger partial charge in [0.2, 0.25) is 0 Å². The van der Waals surface area contributed by atoms with Gasteiger partial charge in [0.05, 0.1) is 17.9 Å². The fourth-order valence-corrected chi connectivity index (χ4v) is 3.81. The Morgan fingerprint density at radius 2 is 2.09 bits per heavy atom. The first-order valence-electron chi connectivity index (χ1n) is 10.4. The third-order valence-corrected chi connectivity index (χ3v) is 5.60. The van der Waals surface area contributed by atoms with Crippen molar-refractivity contribution in [2.75, 3.05) is 6.61 Å². The highest BCUT2D eigenvalue weighted by molar-refractivity contribution is 5.95. The molecule has 32 heavy (non-hydrogen) atoms. The Morgan fingerprint density at radius 1 is 1.34 bits per heavy atom. The fraction of sp³-hybridized carbons (Fsp3) is 0.409. The quantitative estimate of drug-likeness (QED) is 0.554. The molecular formula is C22H23F3N4O3. The molecule has 1 N–H and O–H groups in total. The largest absolute Gasteiger partial charge is 0.462 e. The standard InChI is InChI=1S/C22H23F3N4O3/c1-3-32-21(31)18-11-26-29-19(30)10-16(27-20(18)29)12-28(17-7-8-17)13(2)14-5-4-6-15(9-14)22(23,24)25/h4-6,9-11,13,17,26H,3,7-8,12H2,1-2H3. The predicted molar refractivity (Wildman–Crippen MR) is 110 cm³/mol. The number of fused-ring (bicyclic) bond motifs is 1. The van der Waals surface area contributed by atoms with Gasteiger partial charge in [0.25, 0.3) is 5.56 Å². The zero-order valence-corrected chi connectivity index (χ0v) is 17.6. The first kappa shape index (κ1) is 22.1. The highest BCUT2D eigenvalue weighted by atomic mass is 19.4. The number of benzene rings is 1. The maximum atomic E-state index is 13.2. The average molecular weight is 448 g/mol. The first-order chi connectivity index (χ1) is 15.2. The third-order valence-electron chi connectivity index (χ3n) is 5.60. The van der Waals surface area contributed by atoms with Gasteiger partial charge in [0, 0.05) is 30.9 Å². The average Bonchev–Trinajstić information content (AvgIpc) is 3.49. The lowest BCUT2D eigenvalue weighted by Gasteiger charge is -2.29.